The Balaban J connectivity index is 1.87. The highest BCUT2D eigenvalue weighted by Crippen LogP contribution is 2.17. The number of nitriles is 1. The fraction of sp³-hybridized carbons (Fsp3) is 0.211. The number of ether oxygens (including phenoxy) is 1. The molecule has 1 N–H and O–H groups in total. The summed E-state index contributed by atoms with van der Waals surface area (Å²) < 4.78 is 5.67. The number of hydrogen-bond acceptors (Lipinski definition) is 5. The van der Waals surface area contributed by atoms with Crippen LogP contribution in [0, 0.1) is 11.3 Å². The first-order valence-corrected chi connectivity index (χ1v) is 7.79. The number of benzene rings is 2. The van der Waals surface area contributed by atoms with Crippen molar-refractivity contribution >= 4 is 17.8 Å². The molecule has 128 valence electrons. The standard InChI is InChI=1S/C19H19N3O3/c1-14(2)25-18-9-4-3-7-16(18)12-21-24-13-19(23)22-17-8-5-6-15(10-17)11-20/h3-10,12,14H,13H2,1-2H3,(H,22,23)/b21-12+. The van der Waals surface area contributed by atoms with Crippen LogP contribution in [0.15, 0.2) is 53.7 Å². The Morgan fingerprint density at radius 1 is 1.28 bits per heavy atom. The van der Waals surface area contributed by atoms with Crippen molar-refractivity contribution in [1.29, 1.82) is 5.26 Å². The molecule has 0 saturated carbocycles. The summed E-state index contributed by atoms with van der Waals surface area (Å²) in [5, 5.41) is 15.3. The number of oxime groups is 1. The maximum Gasteiger partial charge on any atom is 0.265 e. The molecule has 25 heavy (non-hydrogen) atoms. The summed E-state index contributed by atoms with van der Waals surface area (Å²) in [7, 11) is 0. The van der Waals surface area contributed by atoms with Crippen molar-refractivity contribution in [2.45, 2.75) is 20.0 Å². The van der Waals surface area contributed by atoms with E-state index in [9.17, 15) is 4.79 Å². The van der Waals surface area contributed by atoms with Crippen LogP contribution in [0.4, 0.5) is 5.69 Å². The molecule has 0 aliphatic heterocycles. The smallest absolute Gasteiger partial charge is 0.265 e. The third-order valence-corrected chi connectivity index (χ3v) is 3.02. The minimum absolute atomic E-state index is 0.0467. The Morgan fingerprint density at radius 2 is 2.08 bits per heavy atom. The summed E-state index contributed by atoms with van der Waals surface area (Å²) in [6.45, 7) is 3.65. The quantitative estimate of drug-likeness (QED) is 0.620. The highest BCUT2D eigenvalue weighted by molar-refractivity contribution is 5.92. The van der Waals surface area contributed by atoms with E-state index >= 15 is 0 Å². The number of nitrogens with zero attached hydrogens (tertiary/aromatic N) is 2. The fourth-order valence-corrected chi connectivity index (χ4v) is 2.00. The Morgan fingerprint density at radius 3 is 2.84 bits per heavy atom. The van der Waals surface area contributed by atoms with Crippen LogP contribution in [0.1, 0.15) is 25.0 Å². The van der Waals surface area contributed by atoms with E-state index in [0.717, 1.165) is 5.56 Å². The summed E-state index contributed by atoms with van der Waals surface area (Å²) in [6.07, 6.45) is 1.55. The lowest BCUT2D eigenvalue weighted by molar-refractivity contribution is -0.120. The number of hydrogen-bond donors (Lipinski definition) is 1. The van der Waals surface area contributed by atoms with Gasteiger partial charge >= 0.3 is 0 Å². The monoisotopic (exact) mass is 337 g/mol. The molecule has 0 atom stereocenters. The lowest BCUT2D eigenvalue weighted by atomic mass is 10.2. The Bertz CT molecular complexity index is 794. The molecule has 0 bridgehead atoms. The number of amides is 1. The predicted octanol–water partition coefficient (Wildman–Crippen LogP) is 3.33. The summed E-state index contributed by atoms with van der Waals surface area (Å²) >= 11 is 0. The van der Waals surface area contributed by atoms with Crippen LogP contribution < -0.4 is 10.1 Å². The van der Waals surface area contributed by atoms with Gasteiger partial charge in [-0.15, -0.1) is 0 Å². The van der Waals surface area contributed by atoms with Gasteiger partial charge in [0.2, 0.25) is 0 Å². The first kappa shape index (κ1) is 18.0. The summed E-state index contributed by atoms with van der Waals surface area (Å²) in [6, 6.07) is 16.1. The molecule has 0 radical (unpaired) electrons. The van der Waals surface area contributed by atoms with Crippen LogP contribution in [-0.4, -0.2) is 24.8 Å². The van der Waals surface area contributed by atoms with E-state index in [-0.39, 0.29) is 18.6 Å². The van der Waals surface area contributed by atoms with Crippen LogP contribution in [0.3, 0.4) is 0 Å². The largest absolute Gasteiger partial charge is 0.490 e. The minimum Gasteiger partial charge on any atom is -0.490 e. The van der Waals surface area contributed by atoms with E-state index in [1.54, 1.807) is 24.3 Å². The maximum atomic E-state index is 11.8. The van der Waals surface area contributed by atoms with Crippen molar-refractivity contribution in [2.75, 3.05) is 11.9 Å². The van der Waals surface area contributed by atoms with E-state index in [1.807, 2.05) is 44.2 Å². The van der Waals surface area contributed by atoms with Gasteiger partial charge in [-0.2, -0.15) is 5.26 Å². The molecule has 0 aromatic heterocycles. The van der Waals surface area contributed by atoms with Crippen LogP contribution in [0.5, 0.6) is 5.75 Å². The van der Waals surface area contributed by atoms with Crippen molar-refractivity contribution < 1.29 is 14.4 Å². The minimum atomic E-state index is -0.362. The first-order valence-electron chi connectivity index (χ1n) is 7.79. The van der Waals surface area contributed by atoms with Crippen LogP contribution in [-0.2, 0) is 9.63 Å². The second kappa shape index (κ2) is 9.08. The third-order valence-electron chi connectivity index (χ3n) is 3.02. The van der Waals surface area contributed by atoms with Gasteiger partial charge in [0, 0.05) is 11.3 Å². The van der Waals surface area contributed by atoms with E-state index in [4.69, 9.17) is 14.8 Å². The van der Waals surface area contributed by atoms with Gasteiger partial charge in [0.25, 0.3) is 5.91 Å². The van der Waals surface area contributed by atoms with Crippen molar-refractivity contribution in [3.8, 4) is 11.8 Å². The number of carbonyl (C=O) groups is 1. The average Bonchev–Trinajstić information content (AvgIpc) is 2.59. The van der Waals surface area contributed by atoms with Crippen molar-refractivity contribution in [3.63, 3.8) is 0 Å². The molecule has 0 saturated heterocycles. The molecule has 2 aromatic carbocycles. The van der Waals surface area contributed by atoms with Crippen LogP contribution in [0.2, 0.25) is 0 Å². The molecule has 0 fully saturated rings. The van der Waals surface area contributed by atoms with E-state index in [2.05, 4.69) is 10.5 Å². The first-order chi connectivity index (χ1) is 12.1. The normalized spacial score (nSPS) is 10.5. The Labute approximate surface area is 146 Å². The molecular formula is C19H19N3O3. The molecule has 0 aliphatic carbocycles. The van der Waals surface area contributed by atoms with E-state index in [0.29, 0.717) is 17.0 Å². The molecule has 0 heterocycles. The molecule has 0 spiro atoms. The topological polar surface area (TPSA) is 83.7 Å². The molecule has 6 heteroatoms. The second-order valence-corrected chi connectivity index (χ2v) is 5.45. The van der Waals surface area contributed by atoms with Gasteiger partial charge in [-0.05, 0) is 44.2 Å². The molecule has 0 aliphatic rings. The zero-order valence-electron chi connectivity index (χ0n) is 14.1. The summed E-state index contributed by atoms with van der Waals surface area (Å²) in [4.78, 5) is 16.8. The van der Waals surface area contributed by atoms with Gasteiger partial charge in [-0.1, -0.05) is 23.4 Å². The highest BCUT2D eigenvalue weighted by Gasteiger charge is 2.05. The second-order valence-electron chi connectivity index (χ2n) is 5.45. The zero-order chi connectivity index (χ0) is 18.1. The molecule has 2 rings (SSSR count). The molecule has 6 nitrogen and oxygen atoms in total. The van der Waals surface area contributed by atoms with E-state index < -0.39 is 0 Å². The predicted molar refractivity (Wildman–Crippen MR) is 95.5 cm³/mol. The summed E-state index contributed by atoms with van der Waals surface area (Å²) in [5.41, 5.74) is 1.77. The molecular weight excluding hydrogens is 318 g/mol. The highest BCUT2D eigenvalue weighted by atomic mass is 16.6. The van der Waals surface area contributed by atoms with Crippen molar-refractivity contribution in [3.05, 3.63) is 59.7 Å². The molecule has 0 unspecified atom stereocenters. The van der Waals surface area contributed by atoms with Gasteiger partial charge < -0.3 is 14.9 Å². The SMILES string of the molecule is CC(C)Oc1ccccc1/C=N/OCC(=O)Nc1cccc(C#N)c1. The van der Waals surface area contributed by atoms with Gasteiger partial charge in [-0.25, -0.2) is 0 Å². The average molecular weight is 337 g/mol. The lowest BCUT2D eigenvalue weighted by Crippen LogP contribution is -2.17. The van der Waals surface area contributed by atoms with Gasteiger partial charge in [0.15, 0.2) is 6.61 Å². The number of para-hydroxylation sites is 1. The number of rotatable bonds is 7. The van der Waals surface area contributed by atoms with Crippen molar-refractivity contribution in [1.82, 2.24) is 0 Å². The summed E-state index contributed by atoms with van der Waals surface area (Å²) in [5.74, 6) is 0.335. The van der Waals surface area contributed by atoms with Crippen LogP contribution >= 0.6 is 0 Å². The van der Waals surface area contributed by atoms with E-state index in [1.165, 1.54) is 6.21 Å². The lowest BCUT2D eigenvalue weighted by Gasteiger charge is -2.11. The van der Waals surface area contributed by atoms with Gasteiger partial charge in [-0.3, -0.25) is 4.79 Å². The molecule has 1 amide bonds. The molecule has 2 aromatic rings. The maximum absolute atomic E-state index is 11.8. The Kier molecular flexibility index (Phi) is 6.55. The van der Waals surface area contributed by atoms with Crippen molar-refractivity contribution in [2.24, 2.45) is 5.16 Å². The number of anilines is 1. The van der Waals surface area contributed by atoms with Crippen LogP contribution in [0.25, 0.3) is 0 Å². The van der Waals surface area contributed by atoms with Gasteiger partial charge in [0.1, 0.15) is 5.75 Å². The van der Waals surface area contributed by atoms with Gasteiger partial charge in [0.05, 0.1) is 24.0 Å². The Hall–Kier alpha value is -3.33. The fourth-order valence-electron chi connectivity index (χ4n) is 2.00. The number of carbonyl (C=O) groups excluding carboxylic acids is 1. The zero-order valence-corrected chi connectivity index (χ0v) is 14.1. The number of nitrogens with one attached hydrogen (secondary N) is 1. The third kappa shape index (κ3) is 5.99.